The van der Waals surface area contributed by atoms with E-state index in [1.165, 1.54) is 0 Å². The van der Waals surface area contributed by atoms with Gasteiger partial charge in [0.2, 0.25) is 0 Å². The molecule has 0 spiro atoms. The Morgan fingerprint density at radius 2 is 1.68 bits per heavy atom. The summed E-state index contributed by atoms with van der Waals surface area (Å²) in [5.74, 6) is 2.06. The molecule has 0 radical (unpaired) electrons. The second-order valence-corrected chi connectivity index (χ2v) is 6.32. The van der Waals surface area contributed by atoms with Gasteiger partial charge in [-0.15, -0.1) is 0 Å². The number of anilines is 2. The van der Waals surface area contributed by atoms with Gasteiger partial charge in [0, 0.05) is 24.9 Å². The van der Waals surface area contributed by atoms with Gasteiger partial charge in [-0.2, -0.15) is 0 Å². The molecule has 0 aliphatic rings. The van der Waals surface area contributed by atoms with Crippen LogP contribution in [0.2, 0.25) is 0 Å². The van der Waals surface area contributed by atoms with Crippen molar-refractivity contribution in [3.05, 3.63) is 83.8 Å². The van der Waals surface area contributed by atoms with Crippen molar-refractivity contribution in [3.63, 3.8) is 0 Å². The molecule has 0 atom stereocenters. The molecule has 1 aromatic carbocycles. The Morgan fingerprint density at radius 3 is 2.43 bits per heavy atom. The van der Waals surface area contributed by atoms with Crippen LogP contribution in [0.5, 0.6) is 5.75 Å². The van der Waals surface area contributed by atoms with Gasteiger partial charge >= 0.3 is 0 Å². The van der Waals surface area contributed by atoms with Crippen molar-refractivity contribution in [1.82, 2.24) is 15.1 Å². The summed E-state index contributed by atoms with van der Waals surface area (Å²) in [5, 5.41) is 4.12. The fourth-order valence-corrected chi connectivity index (χ4v) is 2.78. The molecule has 0 fully saturated rings. The van der Waals surface area contributed by atoms with Crippen molar-refractivity contribution in [2.45, 2.75) is 13.0 Å². The van der Waals surface area contributed by atoms with Crippen LogP contribution < -0.4 is 16.2 Å². The van der Waals surface area contributed by atoms with Crippen molar-refractivity contribution < 1.29 is 9.26 Å². The highest BCUT2D eigenvalue weighted by molar-refractivity contribution is 5.71. The smallest absolute Gasteiger partial charge is 0.170 e. The van der Waals surface area contributed by atoms with Gasteiger partial charge in [0.05, 0.1) is 11.3 Å². The first-order valence-electron chi connectivity index (χ1n) is 8.76. The van der Waals surface area contributed by atoms with Gasteiger partial charge in [0.15, 0.2) is 5.76 Å². The number of aromatic nitrogens is 3. The highest BCUT2D eigenvalue weighted by atomic mass is 16.5. The SMILES string of the molecule is Nc1ccc(-c2cc(Cc3ccc(OCc4ccncc4)cc3)no2)c(N)n1. The van der Waals surface area contributed by atoms with E-state index >= 15 is 0 Å². The molecule has 0 saturated heterocycles. The van der Waals surface area contributed by atoms with Crippen LogP contribution in [0.4, 0.5) is 11.6 Å². The molecule has 4 aromatic rings. The molecule has 7 nitrogen and oxygen atoms in total. The molecule has 4 N–H and O–H groups in total. The average Bonchev–Trinajstić information content (AvgIpc) is 3.16. The monoisotopic (exact) mass is 373 g/mol. The molecule has 3 heterocycles. The molecule has 3 aromatic heterocycles. The lowest BCUT2D eigenvalue weighted by Gasteiger charge is -2.06. The molecule has 0 unspecified atom stereocenters. The lowest BCUT2D eigenvalue weighted by atomic mass is 10.1. The number of rotatable bonds is 6. The molecule has 7 heteroatoms. The minimum absolute atomic E-state index is 0.318. The molecule has 0 saturated carbocycles. The number of benzene rings is 1. The fraction of sp³-hybridized carbons (Fsp3) is 0.0952. The van der Waals surface area contributed by atoms with E-state index in [1.54, 1.807) is 24.5 Å². The second kappa shape index (κ2) is 7.79. The lowest BCUT2D eigenvalue weighted by Crippen LogP contribution is -1.97. The topological polar surface area (TPSA) is 113 Å². The fourth-order valence-electron chi connectivity index (χ4n) is 2.78. The largest absolute Gasteiger partial charge is 0.489 e. The van der Waals surface area contributed by atoms with Crippen LogP contribution in [0.1, 0.15) is 16.8 Å². The third-order valence-corrected chi connectivity index (χ3v) is 4.23. The normalized spacial score (nSPS) is 10.7. The lowest BCUT2D eigenvalue weighted by molar-refractivity contribution is 0.306. The van der Waals surface area contributed by atoms with E-state index in [-0.39, 0.29) is 0 Å². The average molecular weight is 373 g/mol. The molecular formula is C21H19N5O2. The van der Waals surface area contributed by atoms with Crippen molar-refractivity contribution in [2.75, 3.05) is 11.5 Å². The number of pyridine rings is 2. The maximum atomic E-state index is 5.91. The number of nitrogen functional groups attached to an aromatic ring is 2. The van der Waals surface area contributed by atoms with Crippen LogP contribution in [0, 0.1) is 0 Å². The number of ether oxygens (including phenoxy) is 1. The maximum Gasteiger partial charge on any atom is 0.170 e. The predicted octanol–water partition coefficient (Wildman–Crippen LogP) is 3.47. The number of hydrogen-bond acceptors (Lipinski definition) is 7. The number of hydrogen-bond donors (Lipinski definition) is 2. The Bertz CT molecular complexity index is 1060. The Labute approximate surface area is 162 Å². The number of nitrogens with two attached hydrogens (primary N) is 2. The summed E-state index contributed by atoms with van der Waals surface area (Å²) in [6.07, 6.45) is 4.14. The van der Waals surface area contributed by atoms with Gasteiger partial charge in [-0.1, -0.05) is 17.3 Å². The van der Waals surface area contributed by atoms with Crippen LogP contribution >= 0.6 is 0 Å². The van der Waals surface area contributed by atoms with Gasteiger partial charge < -0.3 is 20.7 Å². The standard InChI is InChI=1S/C21H19N5O2/c22-20-6-5-18(21(23)25-20)19-12-16(26-28-19)11-14-1-3-17(4-2-14)27-13-15-7-9-24-10-8-15/h1-10,12H,11,13H2,(H4,22,23,25). The highest BCUT2D eigenvalue weighted by Crippen LogP contribution is 2.27. The summed E-state index contributed by atoms with van der Waals surface area (Å²) in [4.78, 5) is 8.04. The van der Waals surface area contributed by atoms with Crippen LogP contribution in [-0.2, 0) is 13.0 Å². The Balaban J connectivity index is 1.40. The summed E-state index contributed by atoms with van der Waals surface area (Å²) in [7, 11) is 0. The zero-order chi connectivity index (χ0) is 19.3. The number of nitrogens with zero attached hydrogens (tertiary/aromatic N) is 3. The molecule has 140 valence electrons. The van der Waals surface area contributed by atoms with Gasteiger partial charge in [-0.25, -0.2) is 4.98 Å². The van der Waals surface area contributed by atoms with Crippen LogP contribution in [0.3, 0.4) is 0 Å². The van der Waals surface area contributed by atoms with Crippen molar-refractivity contribution in [1.29, 1.82) is 0 Å². The molecule has 0 amide bonds. The zero-order valence-electron chi connectivity index (χ0n) is 15.1. The van der Waals surface area contributed by atoms with E-state index in [9.17, 15) is 0 Å². The van der Waals surface area contributed by atoms with Gasteiger partial charge in [-0.05, 0) is 47.5 Å². The first-order valence-corrected chi connectivity index (χ1v) is 8.76. The third-order valence-electron chi connectivity index (χ3n) is 4.23. The summed E-state index contributed by atoms with van der Waals surface area (Å²) in [5.41, 5.74) is 15.2. The second-order valence-electron chi connectivity index (χ2n) is 6.32. The van der Waals surface area contributed by atoms with E-state index in [4.69, 9.17) is 20.7 Å². The Hall–Kier alpha value is -3.87. The van der Waals surface area contributed by atoms with Crippen LogP contribution in [0.25, 0.3) is 11.3 Å². The van der Waals surface area contributed by atoms with E-state index < -0.39 is 0 Å². The first kappa shape index (κ1) is 17.5. The molecular weight excluding hydrogens is 354 g/mol. The summed E-state index contributed by atoms with van der Waals surface area (Å²) >= 11 is 0. The van der Waals surface area contributed by atoms with Gasteiger partial charge in [0.1, 0.15) is 24.0 Å². The zero-order valence-corrected chi connectivity index (χ0v) is 15.1. The summed E-state index contributed by atoms with van der Waals surface area (Å²) in [6.45, 7) is 0.506. The Kier molecular flexibility index (Phi) is 4.88. The predicted molar refractivity (Wildman–Crippen MR) is 106 cm³/mol. The molecule has 0 aliphatic carbocycles. The maximum absolute atomic E-state index is 5.91. The van der Waals surface area contributed by atoms with Crippen LogP contribution in [0.15, 0.2) is 71.5 Å². The van der Waals surface area contributed by atoms with E-state index in [2.05, 4.69) is 15.1 Å². The van der Waals surface area contributed by atoms with Gasteiger partial charge in [-0.3, -0.25) is 4.98 Å². The highest BCUT2D eigenvalue weighted by Gasteiger charge is 2.11. The first-order chi connectivity index (χ1) is 13.7. The third kappa shape index (κ3) is 4.09. The van der Waals surface area contributed by atoms with Crippen LogP contribution in [-0.4, -0.2) is 15.1 Å². The Morgan fingerprint density at radius 1 is 0.893 bits per heavy atom. The van der Waals surface area contributed by atoms with Crippen molar-refractivity contribution in [2.24, 2.45) is 0 Å². The minimum Gasteiger partial charge on any atom is -0.489 e. The van der Waals surface area contributed by atoms with E-state index in [0.717, 1.165) is 22.6 Å². The molecule has 4 rings (SSSR count). The van der Waals surface area contributed by atoms with Crippen molar-refractivity contribution in [3.8, 4) is 17.1 Å². The summed E-state index contributed by atoms with van der Waals surface area (Å²) < 4.78 is 11.2. The van der Waals surface area contributed by atoms with Crippen molar-refractivity contribution >= 4 is 11.6 Å². The van der Waals surface area contributed by atoms with E-state index in [1.807, 2.05) is 42.5 Å². The molecule has 0 bridgehead atoms. The molecule has 0 aliphatic heterocycles. The summed E-state index contributed by atoms with van der Waals surface area (Å²) in [6, 6.07) is 17.1. The quantitative estimate of drug-likeness (QED) is 0.532. The minimum atomic E-state index is 0.318. The van der Waals surface area contributed by atoms with Gasteiger partial charge in [0.25, 0.3) is 0 Å². The van der Waals surface area contributed by atoms with E-state index in [0.29, 0.717) is 36.0 Å². The molecule has 28 heavy (non-hydrogen) atoms.